The first-order valence-corrected chi connectivity index (χ1v) is 9.25. The molecule has 0 aliphatic heterocycles. The van der Waals surface area contributed by atoms with Crippen molar-refractivity contribution < 1.29 is 4.79 Å². The van der Waals surface area contributed by atoms with Crippen molar-refractivity contribution in [3.05, 3.63) is 0 Å². The van der Waals surface area contributed by atoms with E-state index in [2.05, 4.69) is 5.32 Å². The molecule has 3 aliphatic carbocycles. The molecule has 0 aromatic heterocycles. The maximum atomic E-state index is 12.5. The minimum Gasteiger partial charge on any atom is -0.356 e. The topological polar surface area (TPSA) is 55.1 Å². The van der Waals surface area contributed by atoms with Crippen LogP contribution in [0.3, 0.4) is 0 Å². The minimum absolute atomic E-state index is 0. The highest BCUT2D eigenvalue weighted by molar-refractivity contribution is 5.85. The van der Waals surface area contributed by atoms with E-state index in [0.29, 0.717) is 23.8 Å². The lowest BCUT2D eigenvalue weighted by molar-refractivity contribution is -0.127. The Morgan fingerprint density at radius 1 is 0.909 bits per heavy atom. The molecule has 0 radical (unpaired) electrons. The second-order valence-electron chi connectivity index (χ2n) is 7.85. The van der Waals surface area contributed by atoms with Crippen LogP contribution in [0.15, 0.2) is 0 Å². The molecule has 5 atom stereocenters. The van der Waals surface area contributed by atoms with E-state index < -0.39 is 0 Å². The average molecular weight is 329 g/mol. The number of amides is 1. The van der Waals surface area contributed by atoms with Gasteiger partial charge in [-0.2, -0.15) is 0 Å². The third-order valence-electron chi connectivity index (χ3n) is 6.30. The van der Waals surface area contributed by atoms with Crippen LogP contribution < -0.4 is 11.1 Å². The first kappa shape index (κ1) is 18.1. The van der Waals surface area contributed by atoms with Crippen LogP contribution in [-0.2, 0) is 4.79 Å². The third kappa shape index (κ3) is 4.61. The molecule has 5 unspecified atom stereocenters. The number of carbonyl (C=O) groups is 1. The summed E-state index contributed by atoms with van der Waals surface area (Å²) in [5.74, 6) is 3.01. The number of nitrogens with two attached hydrogens (primary N) is 1. The second kappa shape index (κ2) is 8.54. The first-order valence-electron chi connectivity index (χ1n) is 9.25. The van der Waals surface area contributed by atoms with E-state index in [4.69, 9.17) is 5.73 Å². The van der Waals surface area contributed by atoms with Crippen molar-refractivity contribution in [2.75, 3.05) is 6.54 Å². The quantitative estimate of drug-likeness (QED) is 0.830. The molecule has 0 aromatic rings. The Morgan fingerprint density at radius 2 is 1.68 bits per heavy atom. The molecule has 3 rings (SSSR count). The molecule has 0 heterocycles. The molecule has 22 heavy (non-hydrogen) atoms. The van der Waals surface area contributed by atoms with Crippen molar-refractivity contribution in [2.45, 2.75) is 76.7 Å². The van der Waals surface area contributed by atoms with Crippen molar-refractivity contribution in [3.63, 3.8) is 0 Å². The number of hydrogen-bond acceptors (Lipinski definition) is 2. The zero-order chi connectivity index (χ0) is 14.7. The Kier molecular flexibility index (Phi) is 7.01. The fraction of sp³-hybridized carbons (Fsp3) is 0.944. The van der Waals surface area contributed by atoms with Gasteiger partial charge < -0.3 is 11.1 Å². The van der Waals surface area contributed by atoms with Crippen molar-refractivity contribution in [2.24, 2.45) is 29.4 Å². The summed E-state index contributed by atoms with van der Waals surface area (Å²) in [6.45, 7) is 0.858. The molecule has 3 N–H and O–H groups in total. The molecule has 0 bridgehead atoms. The summed E-state index contributed by atoms with van der Waals surface area (Å²) in [5, 5.41) is 3.24. The van der Waals surface area contributed by atoms with Crippen molar-refractivity contribution in [3.8, 4) is 0 Å². The van der Waals surface area contributed by atoms with Crippen molar-refractivity contribution in [1.29, 1.82) is 0 Å². The highest BCUT2D eigenvalue weighted by atomic mass is 35.5. The van der Waals surface area contributed by atoms with E-state index in [1.807, 2.05) is 0 Å². The van der Waals surface area contributed by atoms with E-state index >= 15 is 0 Å². The van der Waals surface area contributed by atoms with Gasteiger partial charge in [-0.1, -0.05) is 32.1 Å². The monoisotopic (exact) mass is 328 g/mol. The molecule has 0 saturated heterocycles. The number of hydrogen-bond donors (Lipinski definition) is 2. The maximum absolute atomic E-state index is 12.5. The first-order chi connectivity index (χ1) is 10.2. The lowest BCUT2D eigenvalue weighted by Crippen LogP contribution is -2.40. The van der Waals surface area contributed by atoms with Gasteiger partial charge in [0, 0.05) is 18.5 Å². The fourth-order valence-electron chi connectivity index (χ4n) is 5.02. The van der Waals surface area contributed by atoms with Crippen LogP contribution in [0.1, 0.15) is 70.6 Å². The fourth-order valence-corrected chi connectivity index (χ4v) is 5.02. The number of halogens is 1. The molecule has 3 fully saturated rings. The van der Waals surface area contributed by atoms with Gasteiger partial charge in [0.1, 0.15) is 0 Å². The van der Waals surface area contributed by atoms with Crippen LogP contribution in [0.5, 0.6) is 0 Å². The van der Waals surface area contributed by atoms with E-state index in [9.17, 15) is 4.79 Å². The highest BCUT2D eigenvalue weighted by Gasteiger charge is 2.35. The van der Waals surface area contributed by atoms with Crippen molar-refractivity contribution in [1.82, 2.24) is 5.32 Å². The summed E-state index contributed by atoms with van der Waals surface area (Å²) >= 11 is 0. The largest absolute Gasteiger partial charge is 0.356 e. The Balaban J connectivity index is 0.00000176. The number of nitrogens with one attached hydrogen (secondary N) is 1. The standard InChI is InChI=1S/C18H32N2O.ClH/c19-17-7-3-4-13(10-17)12-20-18(21)16-9-8-14-5-1-2-6-15(14)11-16;/h13-17H,1-12,19H2,(H,20,21);1H. The van der Waals surface area contributed by atoms with Crippen LogP contribution in [0.25, 0.3) is 0 Å². The Bertz CT molecular complexity index is 363. The summed E-state index contributed by atoms with van der Waals surface area (Å²) in [6, 6.07) is 0.360. The number of rotatable bonds is 3. The van der Waals surface area contributed by atoms with E-state index in [1.165, 1.54) is 44.9 Å². The SMILES string of the molecule is Cl.NC1CCCC(CNC(=O)C2CCC3CCCCC3C2)C1. The summed E-state index contributed by atoms with van der Waals surface area (Å²) in [6.07, 6.45) is 13.9. The summed E-state index contributed by atoms with van der Waals surface area (Å²) in [4.78, 5) is 12.5. The Morgan fingerprint density at radius 3 is 2.45 bits per heavy atom. The molecular formula is C18H33ClN2O. The maximum Gasteiger partial charge on any atom is 0.223 e. The van der Waals surface area contributed by atoms with Crippen molar-refractivity contribution >= 4 is 18.3 Å². The average Bonchev–Trinajstić information content (AvgIpc) is 2.52. The molecule has 128 valence electrons. The lowest BCUT2D eigenvalue weighted by Gasteiger charge is -2.39. The Labute approximate surface area is 141 Å². The van der Waals surface area contributed by atoms with Gasteiger partial charge in [0.15, 0.2) is 0 Å². The number of carbonyl (C=O) groups excluding carboxylic acids is 1. The predicted octanol–water partition coefficient (Wildman–Crippen LogP) is 3.65. The van der Waals surface area contributed by atoms with Gasteiger partial charge >= 0.3 is 0 Å². The minimum atomic E-state index is 0. The van der Waals surface area contributed by atoms with E-state index in [0.717, 1.165) is 44.1 Å². The van der Waals surface area contributed by atoms with Gasteiger partial charge in [0.25, 0.3) is 0 Å². The summed E-state index contributed by atoms with van der Waals surface area (Å²) in [5.41, 5.74) is 6.03. The van der Waals surface area contributed by atoms with E-state index in [1.54, 1.807) is 0 Å². The Hall–Kier alpha value is -0.280. The molecule has 3 aliphatic rings. The van der Waals surface area contributed by atoms with Gasteiger partial charge in [0.2, 0.25) is 5.91 Å². The normalized spacial score (nSPS) is 38.5. The van der Waals surface area contributed by atoms with Gasteiger partial charge in [-0.3, -0.25) is 4.79 Å². The molecule has 0 aromatic carbocycles. The molecule has 3 nitrogen and oxygen atoms in total. The van der Waals surface area contributed by atoms with Crippen LogP contribution in [-0.4, -0.2) is 18.5 Å². The molecular weight excluding hydrogens is 296 g/mol. The zero-order valence-electron chi connectivity index (χ0n) is 13.8. The molecule has 3 saturated carbocycles. The second-order valence-corrected chi connectivity index (χ2v) is 7.85. The van der Waals surface area contributed by atoms with Crippen LogP contribution in [0.2, 0.25) is 0 Å². The molecule has 4 heteroatoms. The van der Waals surface area contributed by atoms with Gasteiger partial charge in [-0.05, 0) is 56.3 Å². The van der Waals surface area contributed by atoms with Crippen LogP contribution in [0.4, 0.5) is 0 Å². The van der Waals surface area contributed by atoms with Gasteiger partial charge in [0.05, 0.1) is 0 Å². The van der Waals surface area contributed by atoms with Crippen LogP contribution in [0, 0.1) is 23.7 Å². The zero-order valence-corrected chi connectivity index (χ0v) is 14.6. The highest BCUT2D eigenvalue weighted by Crippen LogP contribution is 2.42. The summed E-state index contributed by atoms with van der Waals surface area (Å²) < 4.78 is 0. The molecule has 1 amide bonds. The van der Waals surface area contributed by atoms with Gasteiger partial charge in [-0.25, -0.2) is 0 Å². The third-order valence-corrected chi connectivity index (χ3v) is 6.30. The number of fused-ring (bicyclic) bond motifs is 1. The van der Waals surface area contributed by atoms with Gasteiger partial charge in [-0.15, -0.1) is 12.4 Å². The van der Waals surface area contributed by atoms with Crippen LogP contribution >= 0.6 is 12.4 Å². The van der Waals surface area contributed by atoms with E-state index in [-0.39, 0.29) is 12.4 Å². The summed E-state index contributed by atoms with van der Waals surface area (Å²) in [7, 11) is 0. The predicted molar refractivity (Wildman–Crippen MR) is 93.0 cm³/mol. The smallest absolute Gasteiger partial charge is 0.223 e. The lowest BCUT2D eigenvalue weighted by atomic mass is 9.67. The molecule has 0 spiro atoms.